The van der Waals surface area contributed by atoms with Gasteiger partial charge in [0.05, 0.1) is 0 Å². The fourth-order valence-corrected chi connectivity index (χ4v) is 3.38. The summed E-state index contributed by atoms with van der Waals surface area (Å²) in [6.07, 6.45) is 3.73. The summed E-state index contributed by atoms with van der Waals surface area (Å²) in [7, 11) is 1.90. The molecule has 2 atom stereocenters. The molecule has 8 heteroatoms. The molecule has 170 valence electrons. The first-order valence-electron chi connectivity index (χ1n) is 10.6. The number of phenolic OH excluding ortho intramolecular Hbond substituents is 4. The number of amides is 1. The van der Waals surface area contributed by atoms with Crippen molar-refractivity contribution in [3.05, 3.63) is 47.5 Å². The largest absolute Gasteiger partial charge is 0.508 e. The van der Waals surface area contributed by atoms with Gasteiger partial charge in [0.25, 0.3) is 5.91 Å². The molecule has 0 bridgehead atoms. The van der Waals surface area contributed by atoms with Crippen molar-refractivity contribution in [2.45, 2.75) is 44.7 Å². The highest BCUT2D eigenvalue weighted by Crippen LogP contribution is 2.35. The molecule has 0 spiro atoms. The van der Waals surface area contributed by atoms with E-state index in [1.54, 1.807) is 24.3 Å². The molecule has 7 N–H and O–H groups in total. The Labute approximate surface area is 182 Å². The van der Waals surface area contributed by atoms with Crippen LogP contribution >= 0.6 is 0 Å². The van der Waals surface area contributed by atoms with Gasteiger partial charge < -0.3 is 36.4 Å². The molecule has 0 saturated heterocycles. The molecule has 0 aromatic heterocycles. The minimum absolute atomic E-state index is 0.0428. The summed E-state index contributed by atoms with van der Waals surface area (Å²) in [5, 5.41) is 48.1. The second-order valence-electron chi connectivity index (χ2n) is 7.71. The van der Waals surface area contributed by atoms with E-state index in [1.807, 2.05) is 7.05 Å². The zero-order valence-electron chi connectivity index (χ0n) is 18.1. The zero-order chi connectivity index (χ0) is 22.8. The van der Waals surface area contributed by atoms with Gasteiger partial charge in [-0.1, -0.05) is 31.9 Å². The number of hydrogen-bond acceptors (Lipinski definition) is 7. The monoisotopic (exact) mass is 431 g/mol. The number of aromatic hydroxyl groups is 4. The lowest BCUT2D eigenvalue weighted by Gasteiger charge is -2.24. The Morgan fingerprint density at radius 1 is 0.968 bits per heavy atom. The third kappa shape index (κ3) is 7.66. The second kappa shape index (κ2) is 12.0. The maximum Gasteiger partial charge on any atom is 0.251 e. The lowest BCUT2D eigenvalue weighted by atomic mass is 10.0. The average Bonchev–Trinajstić information content (AvgIpc) is 2.74. The van der Waals surface area contributed by atoms with Gasteiger partial charge in [-0.25, -0.2) is 0 Å². The maximum absolute atomic E-state index is 12.8. The summed E-state index contributed by atoms with van der Waals surface area (Å²) in [4.78, 5) is 12.8. The topological polar surface area (TPSA) is 134 Å². The maximum atomic E-state index is 12.8. The molecule has 31 heavy (non-hydrogen) atoms. The molecule has 0 unspecified atom stereocenters. The fourth-order valence-electron chi connectivity index (χ4n) is 3.38. The highest BCUT2D eigenvalue weighted by atomic mass is 16.3. The van der Waals surface area contributed by atoms with Crippen molar-refractivity contribution in [2.24, 2.45) is 0 Å². The molecule has 0 heterocycles. The van der Waals surface area contributed by atoms with Gasteiger partial charge in [-0.3, -0.25) is 4.79 Å². The van der Waals surface area contributed by atoms with Crippen LogP contribution < -0.4 is 16.0 Å². The van der Waals surface area contributed by atoms with Crippen LogP contribution in [0.4, 0.5) is 0 Å². The molecule has 2 rings (SSSR count). The van der Waals surface area contributed by atoms with E-state index in [0.717, 1.165) is 43.5 Å². The Bertz CT molecular complexity index is 819. The number of nitrogens with one attached hydrogen (secondary N) is 3. The minimum Gasteiger partial charge on any atom is -0.508 e. The standard InChI is InChI=1S/C23H33N3O5/c1-3-4-5-17(13-24-2)25-14-18(10-15-6-8-19(27)9-7-15)26-23(31)16-11-20(28)22(30)21(29)12-16/h6-9,11-12,17-18,24-25,27-30H,3-5,10,13-14H2,1-2H3,(H,26,31)/t17-,18+/m0/s1. The van der Waals surface area contributed by atoms with E-state index in [2.05, 4.69) is 22.9 Å². The molecule has 0 aliphatic heterocycles. The summed E-state index contributed by atoms with van der Waals surface area (Å²) < 4.78 is 0. The van der Waals surface area contributed by atoms with E-state index in [1.165, 1.54) is 0 Å². The van der Waals surface area contributed by atoms with Crippen LogP contribution in [0.2, 0.25) is 0 Å². The van der Waals surface area contributed by atoms with E-state index >= 15 is 0 Å². The Balaban J connectivity index is 2.13. The zero-order valence-corrected chi connectivity index (χ0v) is 18.1. The predicted molar refractivity (Wildman–Crippen MR) is 120 cm³/mol. The lowest BCUT2D eigenvalue weighted by molar-refractivity contribution is 0.0934. The number of unbranched alkanes of at least 4 members (excludes halogenated alkanes) is 1. The van der Waals surface area contributed by atoms with E-state index in [4.69, 9.17) is 0 Å². The van der Waals surface area contributed by atoms with Crippen LogP contribution in [0.15, 0.2) is 36.4 Å². The highest BCUT2D eigenvalue weighted by Gasteiger charge is 2.19. The Hall–Kier alpha value is -2.97. The van der Waals surface area contributed by atoms with Crippen LogP contribution in [0, 0.1) is 0 Å². The summed E-state index contributed by atoms with van der Waals surface area (Å²) in [5.41, 5.74) is 0.987. The first kappa shape index (κ1) is 24.3. The lowest BCUT2D eigenvalue weighted by Crippen LogP contribution is -2.48. The first-order chi connectivity index (χ1) is 14.8. The minimum atomic E-state index is -0.662. The predicted octanol–water partition coefficient (Wildman–Crippen LogP) is 2.22. The van der Waals surface area contributed by atoms with E-state index in [-0.39, 0.29) is 23.4 Å². The summed E-state index contributed by atoms with van der Waals surface area (Å²) in [6, 6.07) is 9.00. The van der Waals surface area contributed by atoms with Crippen molar-refractivity contribution in [3.8, 4) is 23.0 Å². The number of phenols is 4. The van der Waals surface area contributed by atoms with Gasteiger partial charge in [0.15, 0.2) is 17.2 Å². The smallest absolute Gasteiger partial charge is 0.251 e. The Morgan fingerprint density at radius 3 is 2.19 bits per heavy atom. The Morgan fingerprint density at radius 2 is 1.61 bits per heavy atom. The number of hydrogen-bond donors (Lipinski definition) is 7. The second-order valence-corrected chi connectivity index (χ2v) is 7.71. The number of carbonyl (C=O) groups excluding carboxylic acids is 1. The summed E-state index contributed by atoms with van der Waals surface area (Å²) in [5.74, 6) is -2.09. The normalized spacial score (nSPS) is 13.0. The average molecular weight is 432 g/mol. The van der Waals surface area contributed by atoms with Gasteiger partial charge >= 0.3 is 0 Å². The van der Waals surface area contributed by atoms with Gasteiger partial charge in [-0.2, -0.15) is 0 Å². The van der Waals surface area contributed by atoms with Crippen molar-refractivity contribution in [2.75, 3.05) is 20.1 Å². The van der Waals surface area contributed by atoms with Crippen LogP contribution in [0.25, 0.3) is 0 Å². The number of likely N-dealkylation sites (N-methyl/N-ethyl adjacent to an activating group) is 1. The van der Waals surface area contributed by atoms with Gasteiger partial charge in [0.2, 0.25) is 0 Å². The van der Waals surface area contributed by atoms with E-state index in [9.17, 15) is 25.2 Å². The molecule has 0 aliphatic rings. The van der Waals surface area contributed by atoms with Crippen LogP contribution in [0.3, 0.4) is 0 Å². The van der Waals surface area contributed by atoms with Gasteiger partial charge in [-0.05, 0) is 49.7 Å². The van der Waals surface area contributed by atoms with Gasteiger partial charge in [0.1, 0.15) is 5.75 Å². The third-order valence-corrected chi connectivity index (χ3v) is 5.10. The number of carbonyl (C=O) groups is 1. The Kier molecular flexibility index (Phi) is 9.42. The van der Waals surface area contributed by atoms with Crippen molar-refractivity contribution in [1.29, 1.82) is 0 Å². The van der Waals surface area contributed by atoms with E-state index in [0.29, 0.717) is 13.0 Å². The molecule has 1 amide bonds. The fraction of sp³-hybridized carbons (Fsp3) is 0.435. The SMILES string of the molecule is CCCC[C@@H](CNC)NC[C@@H](Cc1ccc(O)cc1)NC(=O)c1cc(O)c(O)c(O)c1. The molecule has 0 saturated carbocycles. The molecular formula is C23H33N3O5. The quantitative estimate of drug-likeness (QED) is 0.256. The summed E-state index contributed by atoms with van der Waals surface area (Å²) in [6.45, 7) is 3.46. The number of rotatable bonds is 12. The van der Waals surface area contributed by atoms with Crippen molar-refractivity contribution in [1.82, 2.24) is 16.0 Å². The van der Waals surface area contributed by atoms with Crippen LogP contribution in [-0.4, -0.2) is 58.6 Å². The van der Waals surface area contributed by atoms with Crippen LogP contribution in [-0.2, 0) is 6.42 Å². The van der Waals surface area contributed by atoms with Crippen LogP contribution in [0.1, 0.15) is 42.1 Å². The molecule has 0 radical (unpaired) electrons. The number of benzene rings is 2. The molecule has 2 aromatic rings. The highest BCUT2D eigenvalue weighted by molar-refractivity contribution is 5.95. The van der Waals surface area contributed by atoms with E-state index < -0.39 is 23.2 Å². The molecule has 8 nitrogen and oxygen atoms in total. The van der Waals surface area contributed by atoms with Crippen LogP contribution in [0.5, 0.6) is 23.0 Å². The van der Waals surface area contributed by atoms with Crippen molar-refractivity contribution >= 4 is 5.91 Å². The van der Waals surface area contributed by atoms with Gasteiger partial charge in [-0.15, -0.1) is 0 Å². The van der Waals surface area contributed by atoms with Crippen molar-refractivity contribution < 1.29 is 25.2 Å². The molecule has 2 aromatic carbocycles. The first-order valence-corrected chi connectivity index (χ1v) is 10.6. The third-order valence-electron chi connectivity index (χ3n) is 5.10. The summed E-state index contributed by atoms with van der Waals surface area (Å²) >= 11 is 0. The molecule has 0 aliphatic carbocycles. The molecular weight excluding hydrogens is 398 g/mol. The molecule has 0 fully saturated rings. The van der Waals surface area contributed by atoms with Gasteiger partial charge in [0, 0.05) is 30.7 Å². The van der Waals surface area contributed by atoms with Crippen molar-refractivity contribution in [3.63, 3.8) is 0 Å².